The van der Waals surface area contributed by atoms with Gasteiger partial charge in [-0.3, -0.25) is 4.79 Å². The number of likely N-dealkylation sites (tertiary alicyclic amines) is 1. The van der Waals surface area contributed by atoms with Gasteiger partial charge in [0.1, 0.15) is 0 Å². The third kappa shape index (κ3) is 23.9. The number of halogens is 2. The van der Waals surface area contributed by atoms with Gasteiger partial charge in [-0.15, -0.1) is 11.6 Å². The molecule has 6 rings (SSSR count). The van der Waals surface area contributed by atoms with E-state index in [1.807, 2.05) is 31.1 Å². The van der Waals surface area contributed by atoms with Crippen molar-refractivity contribution in [2.75, 3.05) is 51.7 Å². The fourth-order valence-electron chi connectivity index (χ4n) is 7.40. The molecule has 2 saturated heterocycles. The molecule has 0 radical (unpaired) electrons. The van der Waals surface area contributed by atoms with E-state index in [2.05, 4.69) is 160 Å². The van der Waals surface area contributed by atoms with Gasteiger partial charge in [-0.1, -0.05) is 56.4 Å². The van der Waals surface area contributed by atoms with Crippen LogP contribution in [0.25, 0.3) is 22.5 Å². The number of alkyl halides is 1. The Bertz CT molecular complexity index is 2490. The summed E-state index contributed by atoms with van der Waals surface area (Å²) >= 11 is 9.55. The fourth-order valence-corrected chi connectivity index (χ4v) is 10.1. The van der Waals surface area contributed by atoms with Crippen LogP contribution >= 0.6 is 23.2 Å². The molecule has 2 aromatic carbocycles. The summed E-state index contributed by atoms with van der Waals surface area (Å²) in [5.41, 5.74) is 11.9. The summed E-state index contributed by atoms with van der Waals surface area (Å²) in [4.78, 5) is 42.0. The van der Waals surface area contributed by atoms with Gasteiger partial charge >= 0.3 is 288 Å². The smallest absolute Gasteiger partial charge is 0.280 e. The molecule has 2 aromatic heterocycles. The van der Waals surface area contributed by atoms with Gasteiger partial charge in [-0.05, 0) is 81.2 Å². The van der Waals surface area contributed by atoms with Crippen LogP contribution in [0.1, 0.15) is 118 Å². The Morgan fingerprint density at radius 3 is 1.44 bits per heavy atom. The summed E-state index contributed by atoms with van der Waals surface area (Å²) in [6, 6.07) is 16.2. The number of carbonyl (C=O) groups excluding carboxylic acids is 2. The van der Waals surface area contributed by atoms with Crippen molar-refractivity contribution in [2.45, 2.75) is 156 Å². The minimum absolute atomic E-state index is 0. The number of hydrogen-bond donors (Lipinski definition) is 3. The first-order chi connectivity index (χ1) is 35.6. The number of benzene rings is 2. The molecule has 0 bridgehead atoms. The molecule has 4 N–H and O–H groups in total. The van der Waals surface area contributed by atoms with Gasteiger partial charge in [0.15, 0.2) is 16.6 Å². The third-order valence-corrected chi connectivity index (χ3v) is 23.8. The van der Waals surface area contributed by atoms with Gasteiger partial charge in [0.05, 0.1) is 5.88 Å². The number of amides is 1. The molecule has 2 aliphatic rings. The summed E-state index contributed by atoms with van der Waals surface area (Å²) < 4.78 is 38.5. The number of aryl methyl sites for hydroxylation is 2. The summed E-state index contributed by atoms with van der Waals surface area (Å²) in [5.74, 6) is 1.76. The van der Waals surface area contributed by atoms with Crippen molar-refractivity contribution < 1.29 is 27.9 Å². The zero-order valence-electron chi connectivity index (χ0n) is 47.8. The second-order valence-electron chi connectivity index (χ2n) is 22.5. The average molecular weight is 1150 g/mol. The van der Waals surface area contributed by atoms with Crippen LogP contribution < -0.4 is 16.4 Å². The number of nitrogens with zero attached hydrogens (tertiary/aromatic N) is 7. The Labute approximate surface area is 481 Å². The molecule has 4 aromatic rings. The number of nitrogens with two attached hydrogens (primary N) is 1. The van der Waals surface area contributed by atoms with E-state index in [-0.39, 0.29) is 61.0 Å². The monoisotopic (exact) mass is 1150 g/mol. The van der Waals surface area contributed by atoms with Crippen molar-refractivity contribution >= 4 is 77.5 Å². The Balaban J connectivity index is 0.000000665. The Morgan fingerprint density at radius 1 is 0.756 bits per heavy atom. The minimum Gasteiger partial charge on any atom is -0.280 e. The van der Waals surface area contributed by atoms with E-state index in [1.54, 1.807) is 0 Å². The van der Waals surface area contributed by atoms with Crippen LogP contribution in [0.5, 0.6) is 0 Å². The maximum atomic E-state index is 12.2. The molecule has 0 saturated carbocycles. The van der Waals surface area contributed by atoms with Crippen LogP contribution in [0.15, 0.2) is 70.9 Å². The topological polar surface area (TPSA) is 200 Å². The molecule has 432 valence electrons. The first-order valence-electron chi connectivity index (χ1n) is 26.3. The van der Waals surface area contributed by atoms with Gasteiger partial charge in [0, 0.05) is 0 Å². The Hall–Kier alpha value is -4.12. The van der Waals surface area contributed by atoms with Gasteiger partial charge in [0.2, 0.25) is 5.24 Å². The molecule has 4 atom stereocenters. The van der Waals surface area contributed by atoms with Crippen LogP contribution in [0, 0.1) is 0 Å². The quantitative estimate of drug-likeness (QED) is 0.0293. The van der Waals surface area contributed by atoms with E-state index in [0.717, 1.165) is 64.8 Å². The zero-order valence-corrected chi connectivity index (χ0v) is 51.3. The van der Waals surface area contributed by atoms with E-state index in [1.165, 1.54) is 31.7 Å². The van der Waals surface area contributed by atoms with Crippen molar-refractivity contribution in [1.29, 1.82) is 0 Å². The molecule has 4 heterocycles. The number of carbonyl (C=O) groups is 2. The number of imidazole rings is 2. The van der Waals surface area contributed by atoms with Gasteiger partial charge in [-0.25, -0.2) is 0 Å². The molecule has 16 nitrogen and oxygen atoms in total. The molecule has 78 heavy (non-hydrogen) atoms. The van der Waals surface area contributed by atoms with Gasteiger partial charge in [0.25, 0.3) is 0 Å². The molecule has 0 spiro atoms. The predicted octanol–water partition coefficient (Wildman–Crippen LogP) is 10.3. The number of nitrogens with one attached hydrogen (secondary N) is 2. The minimum atomic E-state index is -1.91. The van der Waals surface area contributed by atoms with Crippen molar-refractivity contribution in [3.05, 3.63) is 83.7 Å². The number of aliphatic imine (C=N–C) groups is 2. The molecule has 1 amide bonds. The van der Waals surface area contributed by atoms with Crippen LogP contribution in [0.3, 0.4) is 0 Å². The first kappa shape index (κ1) is 71.9. The normalized spacial score (nSPS) is 15.1. The second kappa shape index (κ2) is 34.2. The molecule has 4 unspecified atom stereocenters. The predicted molar refractivity (Wildman–Crippen MR) is 331 cm³/mol. The molecular formula is C56H94B2Cl2N10O6Si2. The van der Waals surface area contributed by atoms with Crippen molar-refractivity contribution in [3.8, 4) is 22.5 Å². The summed E-state index contributed by atoms with van der Waals surface area (Å²) in [6.07, 6.45) is 10.3. The van der Waals surface area contributed by atoms with Gasteiger partial charge < -0.3 is 14.2 Å². The van der Waals surface area contributed by atoms with Crippen LogP contribution in [-0.4, -0.2) is 142 Å². The Morgan fingerprint density at radius 2 is 1.13 bits per heavy atom. The van der Waals surface area contributed by atoms with Crippen LogP contribution in [-0.2, 0) is 54.8 Å². The zero-order chi connectivity index (χ0) is 56.9. The SMILES string of the molecule is C.C.C1CNC1.CC(O[Si](C)(C)C(C)(C)C)c1nc(-c2ccc(CC(CN)N=CB=O)cc2)cn1C.CC(O[Si](C)(C)C(C)(C)C)c1nc(-c2ccc(CC(CNC(=O)CN3CCC3)N=CB=O)cc2)cn1C.O=C(Cl)CCl. The molecule has 2 aliphatic heterocycles. The van der Waals surface area contributed by atoms with E-state index >= 15 is 0 Å². The summed E-state index contributed by atoms with van der Waals surface area (Å²) in [6.45, 7) is 32.4. The maximum absolute atomic E-state index is 12.2. The summed E-state index contributed by atoms with van der Waals surface area (Å²) in [7, 11) is 1.59. The molecule has 0 aliphatic carbocycles. The summed E-state index contributed by atoms with van der Waals surface area (Å²) in [5, 5.41) is 5.85. The second-order valence-corrected chi connectivity index (χ2v) is 32.7. The fraction of sp³-hybridized carbons (Fsp3) is 0.607. The van der Waals surface area contributed by atoms with Crippen molar-refractivity contribution in [3.63, 3.8) is 0 Å². The van der Waals surface area contributed by atoms with E-state index in [4.69, 9.17) is 47.8 Å². The average Bonchev–Trinajstić information content (AvgIpc) is 3.91. The van der Waals surface area contributed by atoms with E-state index in [0.29, 0.717) is 46.8 Å². The van der Waals surface area contributed by atoms with E-state index in [9.17, 15) is 19.0 Å². The van der Waals surface area contributed by atoms with Crippen molar-refractivity contribution in [1.82, 2.24) is 34.6 Å². The van der Waals surface area contributed by atoms with Gasteiger partial charge in [-0.2, -0.15) is 0 Å². The molecular weight excluding hydrogens is 1060 g/mol. The standard InChI is InChI=1S/C27H42BN5O3Si.C22H35BN4O2Si.C3H7N.C2H2Cl2O.2CH4/c1-20(36-37(6,7)27(2,3)4)26-31-24(17-32(26)5)22-11-9-21(10-12-22)15-23(30-19-28-35)16-29-25(34)18-33-13-8-14-33;1-16(29-30(6,7)22(2,3)4)21-26-20(14-27(21)5)18-10-8-17(9-11-18)12-19(13-24)25-15-23-28;1-2-4-3-1;3-1-2(4)5;;/h9-12,17,19-20,23H,8,13-16,18H2,1-7H3,(H,29,34);8-11,14-16,19H,12-13,24H2,1-7H3;4H,1-3H2;1H2;2*1H4. The number of hydrogen-bond acceptors (Lipinski definition) is 13. The van der Waals surface area contributed by atoms with Crippen LogP contribution in [0.4, 0.5) is 0 Å². The number of aromatic nitrogens is 4. The van der Waals surface area contributed by atoms with Crippen LogP contribution in [0.2, 0.25) is 36.3 Å². The van der Waals surface area contributed by atoms with Crippen molar-refractivity contribution in [2.24, 2.45) is 29.8 Å². The van der Waals surface area contributed by atoms with E-state index < -0.39 is 21.9 Å². The Kier molecular flexibility index (Phi) is 31.6. The third-order valence-electron chi connectivity index (χ3n) is 14.2. The number of rotatable bonds is 22. The molecule has 22 heteroatoms. The first-order valence-corrected chi connectivity index (χ1v) is 33.1. The molecule has 2 fully saturated rings.